The Morgan fingerprint density at radius 3 is 3.00 bits per heavy atom. The van der Waals surface area contributed by atoms with Gasteiger partial charge in [-0.15, -0.1) is 0 Å². The van der Waals surface area contributed by atoms with E-state index in [-0.39, 0.29) is 12.6 Å². The molecule has 1 atom stereocenters. The number of fused-ring (bicyclic) bond motifs is 1. The lowest BCUT2D eigenvalue weighted by Gasteiger charge is -2.09. The Morgan fingerprint density at radius 1 is 1.36 bits per heavy atom. The zero-order valence-electron chi connectivity index (χ0n) is 7.90. The molecule has 3 nitrogen and oxygen atoms in total. The minimum Gasteiger partial charge on any atom is -0.396 e. The smallest absolute Gasteiger partial charge is 0.0457 e. The lowest BCUT2D eigenvalue weighted by molar-refractivity contribution is 0.276. The van der Waals surface area contributed by atoms with Crippen LogP contribution in [0.3, 0.4) is 0 Å². The first-order valence-electron chi connectivity index (χ1n) is 4.75. The quantitative estimate of drug-likeness (QED) is 0.687. The number of aromatic amines is 1. The van der Waals surface area contributed by atoms with Crippen LogP contribution in [-0.4, -0.2) is 16.7 Å². The number of hydrogen-bond donors (Lipinski definition) is 3. The van der Waals surface area contributed by atoms with Crippen molar-refractivity contribution in [1.82, 2.24) is 4.98 Å². The summed E-state index contributed by atoms with van der Waals surface area (Å²) in [5.41, 5.74) is 8.05. The standard InChI is InChI=1S/C11H14N2O/c12-10(4-6-14)9-2-1-8-3-5-13-11(8)7-9/h1-3,5,7,10,13-14H,4,6,12H2/t10-/m0/s1. The van der Waals surface area contributed by atoms with Crippen LogP contribution in [0.15, 0.2) is 30.5 Å². The third kappa shape index (κ3) is 1.64. The summed E-state index contributed by atoms with van der Waals surface area (Å²) >= 11 is 0. The molecule has 74 valence electrons. The predicted molar refractivity (Wildman–Crippen MR) is 56.9 cm³/mol. The van der Waals surface area contributed by atoms with Crippen molar-refractivity contribution in [3.8, 4) is 0 Å². The molecule has 0 unspecified atom stereocenters. The molecular weight excluding hydrogens is 176 g/mol. The number of aliphatic hydroxyl groups excluding tert-OH is 1. The van der Waals surface area contributed by atoms with Crippen LogP contribution < -0.4 is 5.73 Å². The number of aliphatic hydroxyl groups is 1. The highest BCUT2D eigenvalue weighted by molar-refractivity contribution is 5.79. The molecule has 14 heavy (non-hydrogen) atoms. The Bertz CT molecular complexity index is 422. The lowest BCUT2D eigenvalue weighted by Crippen LogP contribution is -2.11. The number of H-pyrrole nitrogens is 1. The highest BCUT2D eigenvalue weighted by atomic mass is 16.3. The Balaban J connectivity index is 2.33. The van der Waals surface area contributed by atoms with Crippen molar-refractivity contribution in [2.75, 3.05) is 6.61 Å². The highest BCUT2D eigenvalue weighted by Gasteiger charge is 2.05. The monoisotopic (exact) mass is 190 g/mol. The van der Waals surface area contributed by atoms with Crippen molar-refractivity contribution in [3.63, 3.8) is 0 Å². The largest absolute Gasteiger partial charge is 0.396 e. The molecule has 0 aliphatic rings. The van der Waals surface area contributed by atoms with Gasteiger partial charge in [0.2, 0.25) is 0 Å². The molecule has 0 amide bonds. The van der Waals surface area contributed by atoms with Gasteiger partial charge in [0.05, 0.1) is 0 Å². The molecular formula is C11H14N2O. The Morgan fingerprint density at radius 2 is 2.21 bits per heavy atom. The molecule has 0 fully saturated rings. The van der Waals surface area contributed by atoms with Crippen molar-refractivity contribution < 1.29 is 5.11 Å². The number of aromatic nitrogens is 1. The summed E-state index contributed by atoms with van der Waals surface area (Å²) in [6.07, 6.45) is 2.51. The molecule has 4 N–H and O–H groups in total. The second-order valence-electron chi connectivity index (χ2n) is 3.44. The number of rotatable bonds is 3. The molecule has 0 spiro atoms. The van der Waals surface area contributed by atoms with Crippen molar-refractivity contribution in [1.29, 1.82) is 0 Å². The van der Waals surface area contributed by atoms with Gasteiger partial charge in [0.15, 0.2) is 0 Å². The van der Waals surface area contributed by atoms with Gasteiger partial charge in [-0.3, -0.25) is 0 Å². The fraction of sp³-hybridized carbons (Fsp3) is 0.273. The summed E-state index contributed by atoms with van der Waals surface area (Å²) < 4.78 is 0. The minimum atomic E-state index is -0.0762. The summed E-state index contributed by atoms with van der Waals surface area (Å²) in [6, 6.07) is 8.04. The Hall–Kier alpha value is -1.32. The van der Waals surface area contributed by atoms with E-state index in [0.29, 0.717) is 6.42 Å². The van der Waals surface area contributed by atoms with Gasteiger partial charge in [0, 0.05) is 24.4 Å². The van der Waals surface area contributed by atoms with Crippen molar-refractivity contribution in [2.24, 2.45) is 5.73 Å². The second-order valence-corrected chi connectivity index (χ2v) is 3.44. The molecule has 0 saturated carbocycles. The Kier molecular flexibility index (Phi) is 2.52. The van der Waals surface area contributed by atoms with E-state index in [0.717, 1.165) is 11.1 Å². The SMILES string of the molecule is N[C@@H](CCO)c1ccc2cc[nH]c2c1. The fourth-order valence-corrected chi connectivity index (χ4v) is 1.60. The maximum absolute atomic E-state index is 8.78. The molecule has 0 saturated heterocycles. The minimum absolute atomic E-state index is 0.0762. The first-order chi connectivity index (χ1) is 6.81. The van der Waals surface area contributed by atoms with Crippen LogP contribution in [-0.2, 0) is 0 Å². The van der Waals surface area contributed by atoms with Gasteiger partial charge < -0.3 is 15.8 Å². The number of benzene rings is 1. The first kappa shape index (κ1) is 9.24. The van der Waals surface area contributed by atoms with E-state index in [1.54, 1.807) is 0 Å². The lowest BCUT2D eigenvalue weighted by atomic mass is 10.0. The first-order valence-corrected chi connectivity index (χ1v) is 4.75. The predicted octanol–water partition coefficient (Wildman–Crippen LogP) is 1.55. The summed E-state index contributed by atoms with van der Waals surface area (Å²) in [6.45, 7) is 0.129. The maximum Gasteiger partial charge on any atom is 0.0457 e. The number of hydrogen-bond acceptors (Lipinski definition) is 2. The number of nitrogens with one attached hydrogen (secondary N) is 1. The highest BCUT2D eigenvalue weighted by Crippen LogP contribution is 2.19. The van der Waals surface area contributed by atoms with Crippen molar-refractivity contribution in [3.05, 3.63) is 36.0 Å². The molecule has 0 aliphatic carbocycles. The van der Waals surface area contributed by atoms with E-state index in [9.17, 15) is 0 Å². The molecule has 3 heteroatoms. The van der Waals surface area contributed by atoms with Gasteiger partial charge >= 0.3 is 0 Å². The summed E-state index contributed by atoms with van der Waals surface area (Å²) in [4.78, 5) is 3.14. The van der Waals surface area contributed by atoms with Crippen LogP contribution in [0.1, 0.15) is 18.0 Å². The third-order valence-electron chi connectivity index (χ3n) is 2.45. The second kappa shape index (κ2) is 3.82. The fourth-order valence-electron chi connectivity index (χ4n) is 1.60. The van der Waals surface area contributed by atoms with Gasteiger partial charge in [0.1, 0.15) is 0 Å². The molecule has 0 aliphatic heterocycles. The van der Waals surface area contributed by atoms with Crippen LogP contribution in [0, 0.1) is 0 Å². The van der Waals surface area contributed by atoms with Crippen LogP contribution in [0.5, 0.6) is 0 Å². The van der Waals surface area contributed by atoms with Gasteiger partial charge in [-0.1, -0.05) is 12.1 Å². The van der Waals surface area contributed by atoms with Gasteiger partial charge in [-0.2, -0.15) is 0 Å². The number of nitrogens with two attached hydrogens (primary N) is 1. The zero-order chi connectivity index (χ0) is 9.97. The molecule has 1 aromatic carbocycles. The maximum atomic E-state index is 8.78. The van der Waals surface area contributed by atoms with Crippen LogP contribution in [0.4, 0.5) is 0 Å². The zero-order valence-corrected chi connectivity index (χ0v) is 7.90. The normalized spacial score (nSPS) is 13.3. The summed E-state index contributed by atoms with van der Waals surface area (Å²) in [7, 11) is 0. The van der Waals surface area contributed by atoms with Gasteiger partial charge in [-0.05, 0) is 29.5 Å². The van der Waals surface area contributed by atoms with Gasteiger partial charge in [-0.25, -0.2) is 0 Å². The molecule has 2 rings (SSSR count). The topological polar surface area (TPSA) is 62.0 Å². The average Bonchev–Trinajstić information content (AvgIpc) is 2.64. The van der Waals surface area contributed by atoms with Crippen molar-refractivity contribution >= 4 is 10.9 Å². The van der Waals surface area contributed by atoms with Crippen LogP contribution in [0.25, 0.3) is 10.9 Å². The van der Waals surface area contributed by atoms with E-state index in [1.807, 2.05) is 30.5 Å². The summed E-state index contributed by atoms with van der Waals surface area (Å²) in [5, 5.41) is 9.97. The van der Waals surface area contributed by atoms with Crippen LogP contribution in [0.2, 0.25) is 0 Å². The van der Waals surface area contributed by atoms with E-state index in [1.165, 1.54) is 5.39 Å². The molecule has 1 heterocycles. The summed E-state index contributed by atoms with van der Waals surface area (Å²) in [5.74, 6) is 0. The van der Waals surface area contributed by atoms with Crippen molar-refractivity contribution in [2.45, 2.75) is 12.5 Å². The van der Waals surface area contributed by atoms with Crippen LogP contribution >= 0.6 is 0 Å². The van der Waals surface area contributed by atoms with E-state index >= 15 is 0 Å². The average molecular weight is 190 g/mol. The van der Waals surface area contributed by atoms with E-state index in [2.05, 4.69) is 4.98 Å². The van der Waals surface area contributed by atoms with Gasteiger partial charge in [0.25, 0.3) is 0 Å². The molecule has 0 radical (unpaired) electrons. The third-order valence-corrected chi connectivity index (χ3v) is 2.45. The Labute approximate surface area is 82.6 Å². The molecule has 0 bridgehead atoms. The van der Waals surface area contributed by atoms with E-state index in [4.69, 9.17) is 10.8 Å². The van der Waals surface area contributed by atoms with E-state index < -0.39 is 0 Å². The molecule has 1 aromatic heterocycles. The molecule has 2 aromatic rings.